The first-order chi connectivity index (χ1) is 18.9. The average molecular weight is 546 g/mol. The minimum absolute atomic E-state index is 0.139. The Morgan fingerprint density at radius 2 is 1.74 bits per heavy atom. The fourth-order valence-corrected chi connectivity index (χ4v) is 6.04. The van der Waals surface area contributed by atoms with Gasteiger partial charge in [-0.05, 0) is 80.9 Å². The van der Waals surface area contributed by atoms with E-state index in [4.69, 9.17) is 9.72 Å². The largest absolute Gasteiger partial charge is 0.416 e. The Hall–Kier alpha value is -2.85. The van der Waals surface area contributed by atoms with Crippen LogP contribution in [0.5, 0.6) is 0 Å². The Balaban J connectivity index is 1.46. The Morgan fingerprint density at radius 1 is 1.05 bits per heavy atom. The second kappa shape index (κ2) is 12.6. The van der Waals surface area contributed by atoms with Crippen LogP contribution in [0.2, 0.25) is 0 Å². The highest BCUT2D eigenvalue weighted by molar-refractivity contribution is 5.93. The van der Waals surface area contributed by atoms with Gasteiger partial charge >= 0.3 is 12.2 Å². The second-order valence-corrected chi connectivity index (χ2v) is 10.8. The van der Waals surface area contributed by atoms with Gasteiger partial charge in [-0.25, -0.2) is 9.78 Å². The van der Waals surface area contributed by atoms with Gasteiger partial charge in [0.2, 0.25) is 0 Å². The summed E-state index contributed by atoms with van der Waals surface area (Å²) in [6.07, 6.45) is 3.75. The first-order valence-electron chi connectivity index (χ1n) is 14.1. The summed E-state index contributed by atoms with van der Waals surface area (Å²) in [4.78, 5) is 22.7. The standard InChI is InChI=1S/C29H38F3N5O2/c30-29(31,32)23-7-5-21(6-8-23)19-26(22-11-13-33-14-12-22)37(28(38)35-24-3-1-2-4-24)25-9-10-27(34-20-25)36-15-17-39-18-16-36/h5-10,20,22,24,26,33H,1-4,11-19H2,(H,35,38). The summed E-state index contributed by atoms with van der Waals surface area (Å²) in [6, 6.07) is 9.03. The summed E-state index contributed by atoms with van der Waals surface area (Å²) in [5.74, 6) is 1.04. The van der Waals surface area contributed by atoms with E-state index in [0.29, 0.717) is 25.3 Å². The number of hydrogen-bond donors (Lipinski definition) is 2. The van der Waals surface area contributed by atoms with Crippen molar-refractivity contribution in [2.45, 2.75) is 63.2 Å². The van der Waals surface area contributed by atoms with E-state index in [1.807, 2.05) is 17.0 Å². The van der Waals surface area contributed by atoms with E-state index in [0.717, 1.165) is 88.2 Å². The molecule has 2 saturated heterocycles. The van der Waals surface area contributed by atoms with Gasteiger partial charge < -0.3 is 20.3 Å². The molecule has 5 rings (SSSR count). The van der Waals surface area contributed by atoms with Crippen LogP contribution in [-0.2, 0) is 17.3 Å². The van der Waals surface area contributed by atoms with Gasteiger partial charge in [0.25, 0.3) is 0 Å². The van der Waals surface area contributed by atoms with Crippen LogP contribution in [0.1, 0.15) is 49.7 Å². The molecule has 212 valence electrons. The molecule has 0 bridgehead atoms. The van der Waals surface area contributed by atoms with Gasteiger partial charge in [-0.15, -0.1) is 0 Å². The van der Waals surface area contributed by atoms with Gasteiger partial charge in [0.15, 0.2) is 0 Å². The normalized spacial score (nSPS) is 20.1. The molecule has 0 radical (unpaired) electrons. The number of urea groups is 1. The molecule has 2 aromatic rings. The lowest BCUT2D eigenvalue weighted by molar-refractivity contribution is -0.137. The van der Waals surface area contributed by atoms with Crippen LogP contribution in [0.25, 0.3) is 0 Å². The second-order valence-electron chi connectivity index (χ2n) is 10.8. The molecule has 3 aliphatic rings. The van der Waals surface area contributed by atoms with Gasteiger partial charge in [0, 0.05) is 25.2 Å². The monoisotopic (exact) mass is 545 g/mol. The van der Waals surface area contributed by atoms with E-state index in [9.17, 15) is 18.0 Å². The number of nitrogens with one attached hydrogen (secondary N) is 2. The maximum atomic E-state index is 13.9. The van der Waals surface area contributed by atoms with E-state index in [1.54, 1.807) is 18.3 Å². The van der Waals surface area contributed by atoms with Crippen molar-refractivity contribution in [3.05, 3.63) is 53.7 Å². The quantitative estimate of drug-likeness (QED) is 0.512. The molecule has 2 aliphatic heterocycles. The molecule has 1 aromatic heterocycles. The zero-order chi connectivity index (χ0) is 27.2. The highest BCUT2D eigenvalue weighted by Gasteiger charge is 2.35. The summed E-state index contributed by atoms with van der Waals surface area (Å²) in [5.41, 5.74) is 0.824. The van der Waals surface area contributed by atoms with E-state index in [-0.39, 0.29) is 24.0 Å². The number of alkyl halides is 3. The summed E-state index contributed by atoms with van der Waals surface area (Å²) in [5, 5.41) is 6.65. The van der Waals surface area contributed by atoms with Crippen molar-refractivity contribution in [2.75, 3.05) is 49.2 Å². The topological polar surface area (TPSA) is 69.7 Å². The number of rotatable bonds is 7. The molecule has 7 nitrogen and oxygen atoms in total. The molecule has 3 fully saturated rings. The fourth-order valence-electron chi connectivity index (χ4n) is 6.04. The summed E-state index contributed by atoms with van der Waals surface area (Å²) >= 11 is 0. The van der Waals surface area contributed by atoms with Crippen molar-refractivity contribution in [3.8, 4) is 0 Å². The van der Waals surface area contributed by atoms with Gasteiger partial charge in [-0.3, -0.25) is 4.90 Å². The number of anilines is 2. The molecule has 1 saturated carbocycles. The molecule has 2 N–H and O–H groups in total. The predicted octanol–water partition coefficient (Wildman–Crippen LogP) is 5.01. The number of benzene rings is 1. The lowest BCUT2D eigenvalue weighted by Gasteiger charge is -2.39. The van der Waals surface area contributed by atoms with Crippen LogP contribution in [-0.4, -0.2) is 62.5 Å². The zero-order valence-corrected chi connectivity index (χ0v) is 22.3. The predicted molar refractivity (Wildman–Crippen MR) is 145 cm³/mol. The number of amides is 2. The fraction of sp³-hybridized carbons (Fsp3) is 0.586. The van der Waals surface area contributed by atoms with Crippen LogP contribution >= 0.6 is 0 Å². The third-order valence-electron chi connectivity index (χ3n) is 8.23. The SMILES string of the molecule is O=C(NC1CCCC1)N(c1ccc(N2CCOCC2)nc1)C(Cc1ccc(C(F)(F)F)cc1)C1CCNCC1. The van der Waals surface area contributed by atoms with E-state index in [2.05, 4.69) is 15.5 Å². The number of carbonyl (C=O) groups is 1. The Morgan fingerprint density at radius 3 is 2.36 bits per heavy atom. The van der Waals surface area contributed by atoms with Crippen LogP contribution < -0.4 is 20.4 Å². The lowest BCUT2D eigenvalue weighted by Crippen LogP contribution is -2.54. The highest BCUT2D eigenvalue weighted by atomic mass is 19.4. The van der Waals surface area contributed by atoms with Crippen molar-refractivity contribution in [1.82, 2.24) is 15.6 Å². The molecule has 1 unspecified atom stereocenters. The van der Waals surface area contributed by atoms with E-state index in [1.165, 1.54) is 0 Å². The molecule has 10 heteroatoms. The molecular weight excluding hydrogens is 507 g/mol. The van der Waals surface area contributed by atoms with Crippen LogP contribution in [0.3, 0.4) is 0 Å². The third kappa shape index (κ3) is 7.03. The number of hydrogen-bond acceptors (Lipinski definition) is 5. The molecule has 1 atom stereocenters. The molecule has 3 heterocycles. The van der Waals surface area contributed by atoms with Crippen LogP contribution in [0.15, 0.2) is 42.6 Å². The number of ether oxygens (including phenoxy) is 1. The maximum Gasteiger partial charge on any atom is 0.416 e. The third-order valence-corrected chi connectivity index (χ3v) is 8.23. The van der Waals surface area contributed by atoms with Crippen molar-refractivity contribution in [1.29, 1.82) is 0 Å². The summed E-state index contributed by atoms with van der Waals surface area (Å²) in [7, 11) is 0. The number of piperidine rings is 1. The summed E-state index contributed by atoms with van der Waals surface area (Å²) < 4.78 is 45.1. The van der Waals surface area contributed by atoms with Gasteiger partial charge in [-0.1, -0.05) is 25.0 Å². The first kappa shape index (κ1) is 27.7. The molecule has 0 spiro atoms. The van der Waals surface area contributed by atoms with Crippen molar-refractivity contribution in [2.24, 2.45) is 5.92 Å². The molecule has 39 heavy (non-hydrogen) atoms. The molecule has 1 aliphatic carbocycles. The van der Waals surface area contributed by atoms with E-state index < -0.39 is 11.7 Å². The van der Waals surface area contributed by atoms with Crippen LogP contribution in [0.4, 0.5) is 29.5 Å². The Bertz CT molecular complexity index is 1060. The van der Waals surface area contributed by atoms with Gasteiger partial charge in [0.05, 0.1) is 30.7 Å². The smallest absolute Gasteiger partial charge is 0.378 e. The van der Waals surface area contributed by atoms with Crippen molar-refractivity contribution >= 4 is 17.5 Å². The van der Waals surface area contributed by atoms with Crippen LogP contribution in [0, 0.1) is 5.92 Å². The first-order valence-corrected chi connectivity index (χ1v) is 14.1. The Kier molecular flexibility index (Phi) is 8.92. The van der Waals surface area contributed by atoms with Gasteiger partial charge in [-0.2, -0.15) is 13.2 Å². The number of aromatic nitrogens is 1. The van der Waals surface area contributed by atoms with Crippen molar-refractivity contribution in [3.63, 3.8) is 0 Å². The minimum atomic E-state index is -4.38. The Labute approximate surface area is 228 Å². The molecule has 1 aromatic carbocycles. The number of pyridine rings is 1. The highest BCUT2D eigenvalue weighted by Crippen LogP contribution is 2.32. The van der Waals surface area contributed by atoms with Crippen molar-refractivity contribution < 1.29 is 22.7 Å². The molecular formula is C29H38F3N5O2. The maximum absolute atomic E-state index is 13.9. The number of halogens is 3. The molecule has 2 amide bonds. The van der Waals surface area contributed by atoms with E-state index >= 15 is 0 Å². The van der Waals surface area contributed by atoms with Gasteiger partial charge in [0.1, 0.15) is 5.82 Å². The lowest BCUT2D eigenvalue weighted by atomic mass is 9.85. The average Bonchev–Trinajstić information content (AvgIpc) is 3.47. The summed E-state index contributed by atoms with van der Waals surface area (Å²) in [6.45, 7) is 4.54. The number of carbonyl (C=O) groups excluding carboxylic acids is 1. The number of nitrogens with zero attached hydrogens (tertiary/aromatic N) is 3. The zero-order valence-electron chi connectivity index (χ0n) is 22.3. The number of morpholine rings is 1. The minimum Gasteiger partial charge on any atom is -0.378 e.